The van der Waals surface area contributed by atoms with E-state index in [1.165, 1.54) is 16.8 Å². The molecular formula is C32H50N2O8Si2. The van der Waals surface area contributed by atoms with Crippen molar-refractivity contribution in [2.45, 2.75) is 128 Å². The van der Waals surface area contributed by atoms with E-state index in [1.54, 1.807) is 12.1 Å². The zero-order valence-electron chi connectivity index (χ0n) is 27.8. The Hall–Kier alpha value is -2.20. The number of carbonyl (C=O) groups excluding carboxylic acids is 1. The molecule has 0 spiro atoms. The van der Waals surface area contributed by atoms with Gasteiger partial charge >= 0.3 is 22.8 Å². The molecule has 1 aromatic carbocycles. The minimum atomic E-state index is -3.20. The summed E-state index contributed by atoms with van der Waals surface area (Å²) in [5, 5.41) is 0. The first kappa shape index (κ1) is 34.7. The van der Waals surface area contributed by atoms with Crippen LogP contribution < -0.4 is 11.2 Å². The second kappa shape index (κ2) is 13.7. The van der Waals surface area contributed by atoms with Crippen LogP contribution in [0.3, 0.4) is 0 Å². The Morgan fingerprint density at radius 3 is 1.98 bits per heavy atom. The van der Waals surface area contributed by atoms with Crippen molar-refractivity contribution in [3.05, 3.63) is 68.5 Å². The van der Waals surface area contributed by atoms with Gasteiger partial charge in [-0.1, -0.05) is 92.1 Å². The number of carbonyl (C=O) groups is 1. The predicted octanol–water partition coefficient (Wildman–Crippen LogP) is 5.75. The van der Waals surface area contributed by atoms with Gasteiger partial charge in [-0.3, -0.25) is 19.1 Å². The summed E-state index contributed by atoms with van der Waals surface area (Å²) in [6.45, 7) is 21.2. The smallest absolute Gasteiger partial charge is 0.335 e. The van der Waals surface area contributed by atoms with Gasteiger partial charge in [0.15, 0.2) is 12.0 Å². The highest BCUT2D eigenvalue weighted by atomic mass is 28.5. The molecule has 5 atom stereocenters. The van der Waals surface area contributed by atoms with Crippen molar-refractivity contribution in [1.82, 2.24) is 9.55 Å². The van der Waals surface area contributed by atoms with Crippen LogP contribution in [0.25, 0.3) is 0 Å². The van der Waals surface area contributed by atoms with Crippen LogP contribution in [0.2, 0.25) is 22.2 Å². The zero-order chi connectivity index (χ0) is 32.6. The molecule has 44 heavy (non-hydrogen) atoms. The van der Waals surface area contributed by atoms with Crippen molar-refractivity contribution in [1.29, 1.82) is 0 Å². The molecule has 10 nitrogen and oxygen atoms in total. The highest BCUT2D eigenvalue weighted by molar-refractivity contribution is 6.84. The number of hydrogen-bond donors (Lipinski definition) is 1. The molecule has 2 aliphatic rings. The van der Waals surface area contributed by atoms with E-state index in [1.807, 2.05) is 26.0 Å². The molecule has 1 aromatic heterocycles. The number of H-pyrrole nitrogens is 1. The maximum absolute atomic E-state index is 14.5. The summed E-state index contributed by atoms with van der Waals surface area (Å²) in [6.07, 6.45) is -2.41. The summed E-state index contributed by atoms with van der Waals surface area (Å²) in [6, 6.07) is 8.67. The summed E-state index contributed by atoms with van der Waals surface area (Å²) in [5.41, 5.74) is 0.417. The van der Waals surface area contributed by atoms with E-state index in [9.17, 15) is 14.4 Å². The molecule has 12 heteroatoms. The van der Waals surface area contributed by atoms with Crippen LogP contribution in [-0.4, -0.2) is 63.5 Å². The number of fused-ring (bicyclic) bond motifs is 1. The number of rotatable bonds is 10. The molecule has 0 aliphatic carbocycles. The quantitative estimate of drug-likeness (QED) is 0.256. The molecule has 2 aliphatic heterocycles. The Morgan fingerprint density at radius 2 is 1.45 bits per heavy atom. The molecule has 2 fully saturated rings. The lowest BCUT2D eigenvalue weighted by Crippen LogP contribution is -2.68. The monoisotopic (exact) mass is 646 g/mol. The fraction of sp³-hybridized carbons (Fsp3) is 0.656. The summed E-state index contributed by atoms with van der Waals surface area (Å²) < 4.78 is 36.4. The second-order valence-electron chi connectivity index (χ2n) is 13.4. The van der Waals surface area contributed by atoms with E-state index in [2.05, 4.69) is 60.4 Å². The third kappa shape index (κ3) is 6.40. The fourth-order valence-electron chi connectivity index (χ4n) is 6.53. The number of benzene rings is 1. The normalized spacial score (nSPS) is 26.6. The minimum absolute atomic E-state index is 0.00787. The number of aromatic amines is 1. The van der Waals surface area contributed by atoms with Crippen molar-refractivity contribution in [3.63, 3.8) is 0 Å². The Balaban J connectivity index is 1.99. The summed E-state index contributed by atoms with van der Waals surface area (Å²) >= 11 is 0. The molecule has 3 heterocycles. The van der Waals surface area contributed by atoms with Crippen LogP contribution >= 0.6 is 0 Å². The highest BCUT2D eigenvalue weighted by Gasteiger charge is 2.65. The number of Topliss-reactive ketones (excluding diaryl/α,β-unsaturated/α-hetero) is 1. The first-order valence-electron chi connectivity index (χ1n) is 15.9. The van der Waals surface area contributed by atoms with Gasteiger partial charge in [0.05, 0.1) is 0 Å². The molecule has 4 rings (SSSR count). The van der Waals surface area contributed by atoms with Gasteiger partial charge < -0.3 is 22.4 Å². The van der Waals surface area contributed by atoms with Crippen molar-refractivity contribution in [2.75, 3.05) is 6.61 Å². The maximum Gasteiger partial charge on any atom is 0.335 e. The van der Waals surface area contributed by atoms with E-state index >= 15 is 0 Å². The van der Waals surface area contributed by atoms with Crippen LogP contribution in [0.15, 0.2) is 46.1 Å². The van der Waals surface area contributed by atoms with Crippen LogP contribution in [-0.2, 0) is 22.4 Å². The number of aryl methyl sites for hydroxylation is 1. The lowest BCUT2D eigenvalue weighted by Gasteiger charge is -2.53. The van der Waals surface area contributed by atoms with Gasteiger partial charge in [-0.2, -0.15) is 0 Å². The Bertz CT molecular complexity index is 1390. The molecule has 2 aromatic rings. The number of aromatic nitrogens is 2. The standard InChI is InChI=1S/C32H50N2O8Si2/c1-11-18-38-30-29-28(39-31(30)34-17-16-25(35)33-32(34)37)27(26(36)24-14-12-23(10)13-15-24)40-43(19(2)3,20(4)5)42-44(41-29,21(6)7)22(8)9/h12-17,19-22,27-31H,11,18H2,1-10H3,(H,33,35,37)/t27?,28-,29-,30-,31-/m1/s1. The van der Waals surface area contributed by atoms with Crippen LogP contribution in [0.5, 0.6) is 0 Å². The van der Waals surface area contributed by atoms with Gasteiger partial charge in [0.2, 0.25) is 0 Å². The average Bonchev–Trinajstić information content (AvgIpc) is 3.28. The van der Waals surface area contributed by atoms with Gasteiger partial charge in [0.25, 0.3) is 5.56 Å². The van der Waals surface area contributed by atoms with Crippen LogP contribution in [0.1, 0.15) is 90.9 Å². The van der Waals surface area contributed by atoms with Gasteiger partial charge in [-0.25, -0.2) is 4.79 Å². The first-order valence-corrected chi connectivity index (χ1v) is 19.9. The zero-order valence-corrected chi connectivity index (χ0v) is 29.8. The molecule has 0 bridgehead atoms. The SMILES string of the molecule is CCCO[C@@H]1[C@@H]2O[Si](C(C)C)(C(C)C)O[Si](C(C)C)(C(C)C)OC(C(=O)c3ccc(C)cc3)[C@H]2O[C@H]1n1ccc(=O)[nH]c1=O. The van der Waals surface area contributed by atoms with Crippen LogP contribution in [0.4, 0.5) is 0 Å². The Kier molecular flexibility index (Phi) is 10.8. The maximum atomic E-state index is 14.5. The topological polar surface area (TPSA) is 118 Å². The number of nitrogens with zero attached hydrogens (tertiary/aromatic N) is 1. The molecule has 0 saturated carbocycles. The summed E-state index contributed by atoms with van der Waals surface area (Å²) in [5.74, 6) is -0.239. The summed E-state index contributed by atoms with van der Waals surface area (Å²) in [4.78, 5) is 41.9. The predicted molar refractivity (Wildman–Crippen MR) is 174 cm³/mol. The van der Waals surface area contributed by atoms with Gasteiger partial charge in [-0.15, -0.1) is 0 Å². The molecular weight excluding hydrogens is 597 g/mol. The van der Waals surface area contributed by atoms with E-state index in [0.29, 0.717) is 18.6 Å². The molecule has 2 saturated heterocycles. The van der Waals surface area contributed by atoms with Crippen LogP contribution in [0, 0.1) is 6.92 Å². The van der Waals surface area contributed by atoms with E-state index in [4.69, 9.17) is 22.4 Å². The number of nitrogens with one attached hydrogen (secondary N) is 1. The fourth-order valence-corrected chi connectivity index (χ4v) is 17.8. The van der Waals surface area contributed by atoms with Gasteiger partial charge in [0, 0.05) is 24.4 Å². The molecule has 244 valence electrons. The third-order valence-electron chi connectivity index (χ3n) is 8.93. The van der Waals surface area contributed by atoms with Crippen molar-refractivity contribution in [2.24, 2.45) is 0 Å². The Morgan fingerprint density at radius 1 is 0.886 bits per heavy atom. The number of ketones is 1. The Labute approximate surface area is 262 Å². The lowest BCUT2D eigenvalue weighted by molar-refractivity contribution is -0.0855. The van der Waals surface area contributed by atoms with Gasteiger partial charge in [0.1, 0.15) is 24.4 Å². The molecule has 0 radical (unpaired) electrons. The molecule has 1 unspecified atom stereocenters. The van der Waals surface area contributed by atoms with Crippen molar-refractivity contribution < 1.29 is 27.2 Å². The molecule has 0 amide bonds. The number of ether oxygens (including phenoxy) is 2. The summed E-state index contributed by atoms with van der Waals surface area (Å²) in [7, 11) is -6.33. The van der Waals surface area contributed by atoms with Gasteiger partial charge in [-0.05, 0) is 35.5 Å². The second-order valence-corrected chi connectivity index (χ2v) is 22.2. The third-order valence-corrected chi connectivity index (χ3v) is 19.2. The van der Waals surface area contributed by atoms with E-state index in [-0.39, 0.29) is 27.9 Å². The average molecular weight is 647 g/mol. The molecule has 1 N–H and O–H groups in total. The largest absolute Gasteiger partial charge is 0.414 e. The van der Waals surface area contributed by atoms with Crippen molar-refractivity contribution in [3.8, 4) is 0 Å². The lowest BCUT2D eigenvalue weighted by atomic mass is 9.97. The first-order chi connectivity index (χ1) is 20.7. The van der Waals surface area contributed by atoms with E-state index in [0.717, 1.165) is 5.56 Å². The minimum Gasteiger partial charge on any atom is -0.414 e. The van der Waals surface area contributed by atoms with E-state index < -0.39 is 59.0 Å². The van der Waals surface area contributed by atoms with Crippen molar-refractivity contribution >= 4 is 22.9 Å². The number of hydrogen-bond acceptors (Lipinski definition) is 8. The highest BCUT2D eigenvalue weighted by Crippen LogP contribution is 2.50.